The molecule has 0 radical (unpaired) electrons. The Morgan fingerprint density at radius 3 is 2.55 bits per heavy atom. The van der Waals surface area contributed by atoms with Crippen molar-refractivity contribution >= 4 is 17.4 Å². The fourth-order valence-electron chi connectivity index (χ4n) is 2.60. The van der Waals surface area contributed by atoms with Crippen LogP contribution in [0.25, 0.3) is 0 Å². The maximum absolute atomic E-state index is 12.3. The first-order valence-corrected chi connectivity index (χ1v) is 7.54. The van der Waals surface area contributed by atoms with Crippen LogP contribution in [0.5, 0.6) is 5.75 Å². The van der Waals surface area contributed by atoms with E-state index in [1.165, 1.54) is 19.3 Å². The van der Waals surface area contributed by atoms with Gasteiger partial charge in [-0.15, -0.1) is 0 Å². The van der Waals surface area contributed by atoms with E-state index in [1.54, 1.807) is 36.5 Å². The summed E-state index contributed by atoms with van der Waals surface area (Å²) in [6.45, 7) is 1.99. The summed E-state index contributed by atoms with van der Waals surface area (Å²) in [6.07, 6.45) is 5.28. The number of anilines is 2. The highest BCUT2D eigenvalue weighted by Gasteiger charge is 2.14. The number of nitrogens with one attached hydrogen (secondary N) is 1. The second-order valence-electron chi connectivity index (χ2n) is 5.45. The zero-order valence-corrected chi connectivity index (χ0v) is 12.3. The molecule has 1 saturated heterocycles. The molecule has 3 rings (SSSR count). The molecular weight excluding hydrogens is 278 g/mol. The number of amides is 1. The van der Waals surface area contributed by atoms with E-state index in [9.17, 15) is 9.90 Å². The summed E-state index contributed by atoms with van der Waals surface area (Å²) in [5.74, 6) is 0.860. The van der Waals surface area contributed by atoms with Gasteiger partial charge in [0.2, 0.25) is 0 Å². The molecule has 5 heteroatoms. The van der Waals surface area contributed by atoms with E-state index >= 15 is 0 Å². The van der Waals surface area contributed by atoms with Gasteiger partial charge in [0.25, 0.3) is 5.91 Å². The van der Waals surface area contributed by atoms with Crippen LogP contribution in [-0.4, -0.2) is 29.1 Å². The molecule has 1 fully saturated rings. The lowest BCUT2D eigenvalue weighted by Gasteiger charge is -2.27. The van der Waals surface area contributed by atoms with E-state index in [-0.39, 0.29) is 11.7 Å². The number of rotatable bonds is 3. The Kier molecular flexibility index (Phi) is 4.23. The predicted molar refractivity (Wildman–Crippen MR) is 86.4 cm³/mol. The van der Waals surface area contributed by atoms with Gasteiger partial charge in [0.05, 0.1) is 0 Å². The van der Waals surface area contributed by atoms with Crippen LogP contribution in [0.2, 0.25) is 0 Å². The number of hydrogen-bond acceptors (Lipinski definition) is 4. The molecule has 22 heavy (non-hydrogen) atoms. The molecule has 0 spiro atoms. The van der Waals surface area contributed by atoms with Crippen molar-refractivity contribution in [3.8, 4) is 5.75 Å². The van der Waals surface area contributed by atoms with Crippen LogP contribution in [0.3, 0.4) is 0 Å². The zero-order chi connectivity index (χ0) is 15.4. The number of nitrogens with zero attached hydrogens (tertiary/aromatic N) is 2. The molecule has 0 atom stereocenters. The van der Waals surface area contributed by atoms with Crippen molar-refractivity contribution in [3.63, 3.8) is 0 Å². The van der Waals surface area contributed by atoms with Crippen LogP contribution in [0, 0.1) is 0 Å². The van der Waals surface area contributed by atoms with Gasteiger partial charge in [-0.2, -0.15) is 0 Å². The topological polar surface area (TPSA) is 65.5 Å². The molecule has 2 heterocycles. The SMILES string of the molecule is O=C(Nc1ccc(O)cc1)c1ccnc(N2CCCCC2)c1. The lowest BCUT2D eigenvalue weighted by atomic mass is 10.1. The average Bonchev–Trinajstić information content (AvgIpc) is 2.58. The summed E-state index contributed by atoms with van der Waals surface area (Å²) < 4.78 is 0. The summed E-state index contributed by atoms with van der Waals surface area (Å²) in [6, 6.07) is 9.97. The molecule has 2 aromatic rings. The minimum Gasteiger partial charge on any atom is -0.508 e. The monoisotopic (exact) mass is 297 g/mol. The average molecular weight is 297 g/mol. The number of piperidine rings is 1. The van der Waals surface area contributed by atoms with Gasteiger partial charge in [-0.05, 0) is 55.7 Å². The summed E-state index contributed by atoms with van der Waals surface area (Å²) in [5.41, 5.74) is 1.24. The maximum Gasteiger partial charge on any atom is 0.255 e. The zero-order valence-electron chi connectivity index (χ0n) is 12.3. The number of carbonyl (C=O) groups is 1. The molecule has 5 nitrogen and oxygen atoms in total. The van der Waals surface area contributed by atoms with E-state index in [1.807, 2.05) is 6.07 Å². The smallest absolute Gasteiger partial charge is 0.255 e. The van der Waals surface area contributed by atoms with Gasteiger partial charge >= 0.3 is 0 Å². The first-order chi connectivity index (χ1) is 10.7. The molecule has 1 aliphatic heterocycles. The van der Waals surface area contributed by atoms with E-state index in [2.05, 4.69) is 15.2 Å². The van der Waals surface area contributed by atoms with Gasteiger partial charge in [0, 0.05) is 30.5 Å². The Labute approximate surface area is 129 Å². The Morgan fingerprint density at radius 1 is 1.09 bits per heavy atom. The maximum atomic E-state index is 12.3. The molecular formula is C17H19N3O2. The van der Waals surface area contributed by atoms with Gasteiger partial charge < -0.3 is 15.3 Å². The van der Waals surface area contributed by atoms with Gasteiger partial charge in [-0.25, -0.2) is 4.98 Å². The Bertz CT molecular complexity index is 649. The summed E-state index contributed by atoms with van der Waals surface area (Å²) in [5, 5.41) is 12.1. The number of aromatic hydroxyl groups is 1. The minimum absolute atomic E-state index is 0.175. The van der Waals surface area contributed by atoms with Crippen molar-refractivity contribution in [2.45, 2.75) is 19.3 Å². The van der Waals surface area contributed by atoms with Gasteiger partial charge in [-0.3, -0.25) is 4.79 Å². The molecule has 1 aliphatic rings. The van der Waals surface area contributed by atoms with Crippen molar-refractivity contribution in [3.05, 3.63) is 48.2 Å². The van der Waals surface area contributed by atoms with Gasteiger partial charge in [0.1, 0.15) is 11.6 Å². The Morgan fingerprint density at radius 2 is 1.82 bits per heavy atom. The molecule has 1 amide bonds. The van der Waals surface area contributed by atoms with E-state index in [4.69, 9.17) is 0 Å². The highest BCUT2D eigenvalue weighted by molar-refractivity contribution is 6.04. The van der Waals surface area contributed by atoms with Crippen LogP contribution < -0.4 is 10.2 Å². The first kappa shape index (κ1) is 14.4. The third-order valence-corrected chi connectivity index (χ3v) is 3.81. The molecule has 0 aliphatic carbocycles. The number of aromatic nitrogens is 1. The molecule has 114 valence electrons. The number of carbonyl (C=O) groups excluding carboxylic acids is 1. The van der Waals surface area contributed by atoms with Crippen molar-refractivity contribution in [2.24, 2.45) is 0 Å². The minimum atomic E-state index is -0.175. The van der Waals surface area contributed by atoms with E-state index in [0.717, 1.165) is 18.9 Å². The molecule has 1 aromatic carbocycles. The van der Waals surface area contributed by atoms with Crippen molar-refractivity contribution in [1.29, 1.82) is 0 Å². The predicted octanol–water partition coefficient (Wildman–Crippen LogP) is 3.03. The third-order valence-electron chi connectivity index (χ3n) is 3.81. The quantitative estimate of drug-likeness (QED) is 0.855. The highest BCUT2D eigenvalue weighted by Crippen LogP contribution is 2.19. The molecule has 0 bridgehead atoms. The fraction of sp³-hybridized carbons (Fsp3) is 0.294. The van der Waals surface area contributed by atoms with Crippen LogP contribution in [0.15, 0.2) is 42.6 Å². The second-order valence-corrected chi connectivity index (χ2v) is 5.45. The van der Waals surface area contributed by atoms with Crippen LogP contribution in [0.4, 0.5) is 11.5 Å². The first-order valence-electron chi connectivity index (χ1n) is 7.54. The van der Waals surface area contributed by atoms with Crippen molar-refractivity contribution in [2.75, 3.05) is 23.3 Å². The van der Waals surface area contributed by atoms with Gasteiger partial charge in [-0.1, -0.05) is 0 Å². The Balaban J connectivity index is 1.73. The number of phenols is 1. The van der Waals surface area contributed by atoms with Crippen molar-refractivity contribution < 1.29 is 9.90 Å². The molecule has 0 unspecified atom stereocenters. The van der Waals surface area contributed by atoms with Crippen LogP contribution in [-0.2, 0) is 0 Å². The summed E-state index contributed by atoms with van der Waals surface area (Å²) in [7, 11) is 0. The number of phenolic OH excluding ortho intramolecular Hbond substituents is 1. The molecule has 1 aromatic heterocycles. The van der Waals surface area contributed by atoms with Crippen LogP contribution >= 0.6 is 0 Å². The number of hydrogen-bond donors (Lipinski definition) is 2. The highest BCUT2D eigenvalue weighted by atomic mass is 16.3. The van der Waals surface area contributed by atoms with Gasteiger partial charge in [0.15, 0.2) is 0 Å². The fourth-order valence-corrected chi connectivity index (χ4v) is 2.60. The largest absolute Gasteiger partial charge is 0.508 e. The normalized spacial score (nSPS) is 14.6. The van der Waals surface area contributed by atoms with E-state index in [0.29, 0.717) is 11.3 Å². The lowest BCUT2D eigenvalue weighted by Crippen LogP contribution is -2.30. The molecule has 2 N–H and O–H groups in total. The summed E-state index contributed by atoms with van der Waals surface area (Å²) in [4.78, 5) is 18.9. The van der Waals surface area contributed by atoms with Crippen LogP contribution in [0.1, 0.15) is 29.6 Å². The van der Waals surface area contributed by atoms with Crippen molar-refractivity contribution in [1.82, 2.24) is 4.98 Å². The molecule has 0 saturated carbocycles. The third kappa shape index (κ3) is 3.36. The summed E-state index contributed by atoms with van der Waals surface area (Å²) >= 11 is 0. The Hall–Kier alpha value is -2.56. The van der Waals surface area contributed by atoms with E-state index < -0.39 is 0 Å². The number of pyridine rings is 1. The lowest BCUT2D eigenvalue weighted by molar-refractivity contribution is 0.102. The standard InChI is InChI=1S/C17H19N3O2/c21-15-6-4-14(5-7-15)19-17(22)13-8-9-18-16(12-13)20-10-2-1-3-11-20/h4-9,12,21H,1-3,10-11H2,(H,19,22). The number of benzene rings is 1. The second kappa shape index (κ2) is 6.47.